The van der Waals surface area contributed by atoms with E-state index in [0.29, 0.717) is 13.0 Å². The van der Waals surface area contributed by atoms with E-state index in [1.54, 1.807) is 20.8 Å². The topological polar surface area (TPSA) is 79.3 Å². The average molecular weight is 362 g/mol. The van der Waals surface area contributed by atoms with E-state index in [0.717, 1.165) is 5.56 Å². The Morgan fingerprint density at radius 3 is 2.50 bits per heavy atom. The summed E-state index contributed by atoms with van der Waals surface area (Å²) in [6.45, 7) is 6.19. The van der Waals surface area contributed by atoms with Crippen LogP contribution in [0.3, 0.4) is 0 Å². The Bertz CT molecular complexity index is 658. The predicted octanol–water partition coefficient (Wildman–Crippen LogP) is 2.38. The van der Waals surface area contributed by atoms with E-state index in [1.807, 2.05) is 30.3 Å². The molecule has 2 aliphatic rings. The first-order chi connectivity index (χ1) is 12.3. The number of hydrogen-bond acceptors (Lipinski definition) is 5. The van der Waals surface area contributed by atoms with Crippen LogP contribution < -0.4 is 0 Å². The Morgan fingerprint density at radius 2 is 1.85 bits per heavy atom. The van der Waals surface area contributed by atoms with Crippen molar-refractivity contribution in [3.8, 4) is 0 Å². The molecule has 2 amide bonds. The van der Waals surface area contributed by atoms with Crippen LogP contribution in [-0.4, -0.2) is 64.0 Å². The van der Waals surface area contributed by atoms with E-state index in [1.165, 1.54) is 9.80 Å². The molecule has 1 aromatic rings. The molecule has 3 atom stereocenters. The van der Waals surface area contributed by atoms with Gasteiger partial charge in [-0.3, -0.25) is 0 Å². The quantitative estimate of drug-likeness (QED) is 0.874. The van der Waals surface area contributed by atoms with Gasteiger partial charge in [0.1, 0.15) is 12.2 Å². The lowest BCUT2D eigenvalue weighted by atomic mass is 10.1. The molecule has 0 saturated carbocycles. The van der Waals surface area contributed by atoms with Crippen LogP contribution in [0.1, 0.15) is 32.8 Å². The molecule has 3 rings (SSSR count). The van der Waals surface area contributed by atoms with Crippen molar-refractivity contribution in [2.75, 3.05) is 13.1 Å². The molecule has 1 aromatic carbocycles. The van der Waals surface area contributed by atoms with E-state index in [9.17, 15) is 14.7 Å². The highest BCUT2D eigenvalue weighted by molar-refractivity contribution is 5.72. The minimum absolute atomic E-state index is 0.159. The van der Waals surface area contributed by atoms with Gasteiger partial charge in [0.2, 0.25) is 0 Å². The van der Waals surface area contributed by atoms with E-state index in [2.05, 4.69) is 0 Å². The highest BCUT2D eigenvalue weighted by atomic mass is 16.6. The molecular weight excluding hydrogens is 336 g/mol. The van der Waals surface area contributed by atoms with Crippen molar-refractivity contribution in [2.24, 2.45) is 0 Å². The molecule has 0 unspecified atom stereocenters. The van der Waals surface area contributed by atoms with Crippen LogP contribution in [0.2, 0.25) is 0 Å². The van der Waals surface area contributed by atoms with Crippen LogP contribution >= 0.6 is 0 Å². The number of carbonyl (C=O) groups is 2. The van der Waals surface area contributed by atoms with Crippen molar-refractivity contribution in [1.82, 2.24) is 9.80 Å². The molecule has 0 bridgehead atoms. The maximum atomic E-state index is 12.5. The number of β-amino-alcohol motifs (C(OH)–C–C–N with tert-alkyl or cyclic N) is 1. The summed E-state index contributed by atoms with van der Waals surface area (Å²) in [6.07, 6.45) is -1.13. The van der Waals surface area contributed by atoms with Crippen LogP contribution in [0, 0.1) is 0 Å². The fraction of sp³-hybridized carbons (Fsp3) is 0.579. The molecule has 2 fully saturated rings. The summed E-state index contributed by atoms with van der Waals surface area (Å²) in [5, 5.41) is 10.4. The Labute approximate surface area is 153 Å². The zero-order valence-electron chi connectivity index (χ0n) is 15.4. The third-order valence-corrected chi connectivity index (χ3v) is 4.67. The van der Waals surface area contributed by atoms with Gasteiger partial charge in [0.15, 0.2) is 0 Å². The van der Waals surface area contributed by atoms with Crippen LogP contribution in [0.5, 0.6) is 0 Å². The van der Waals surface area contributed by atoms with Crippen LogP contribution in [-0.2, 0) is 16.1 Å². The Hall–Kier alpha value is -2.28. The van der Waals surface area contributed by atoms with Gasteiger partial charge in [0, 0.05) is 6.54 Å². The minimum Gasteiger partial charge on any atom is -0.445 e. The monoisotopic (exact) mass is 362 g/mol. The fourth-order valence-corrected chi connectivity index (χ4v) is 3.59. The normalized spacial score (nSPS) is 25.2. The molecule has 0 aliphatic carbocycles. The standard InChI is InChI=1S/C19H26N2O5/c1-19(2,3)26-18(24)21-11-15(22)16-14(21)9-10-20(16)17(23)25-12-13-7-5-4-6-8-13/h4-8,14-16,22H,9-12H2,1-3H3/t14-,15+,16+/m0/s1. The van der Waals surface area contributed by atoms with E-state index in [-0.39, 0.29) is 19.2 Å². The number of amides is 2. The molecule has 7 heteroatoms. The van der Waals surface area contributed by atoms with Crippen LogP contribution in [0.4, 0.5) is 9.59 Å². The van der Waals surface area contributed by atoms with Crippen LogP contribution in [0.15, 0.2) is 30.3 Å². The Morgan fingerprint density at radius 1 is 1.15 bits per heavy atom. The number of fused-ring (bicyclic) bond motifs is 1. The number of likely N-dealkylation sites (tertiary alicyclic amines) is 2. The maximum absolute atomic E-state index is 12.5. The third-order valence-electron chi connectivity index (χ3n) is 4.67. The first-order valence-corrected chi connectivity index (χ1v) is 8.91. The second-order valence-corrected chi connectivity index (χ2v) is 7.78. The summed E-state index contributed by atoms with van der Waals surface area (Å²) >= 11 is 0. The molecule has 2 saturated heterocycles. The van der Waals surface area contributed by atoms with Gasteiger partial charge in [0.25, 0.3) is 0 Å². The number of rotatable bonds is 2. The number of aliphatic hydroxyl groups excluding tert-OH is 1. The summed E-state index contributed by atoms with van der Waals surface area (Å²) in [6, 6.07) is 8.73. The summed E-state index contributed by atoms with van der Waals surface area (Å²) < 4.78 is 10.8. The van der Waals surface area contributed by atoms with Crippen molar-refractivity contribution in [1.29, 1.82) is 0 Å². The predicted molar refractivity (Wildman–Crippen MR) is 94.5 cm³/mol. The average Bonchev–Trinajstić information content (AvgIpc) is 3.14. The van der Waals surface area contributed by atoms with Crippen molar-refractivity contribution in [3.05, 3.63) is 35.9 Å². The minimum atomic E-state index is -0.806. The van der Waals surface area contributed by atoms with Gasteiger partial charge in [-0.1, -0.05) is 30.3 Å². The fourth-order valence-electron chi connectivity index (χ4n) is 3.59. The molecule has 0 radical (unpaired) electrons. The van der Waals surface area contributed by atoms with Gasteiger partial charge < -0.3 is 24.4 Å². The molecule has 26 heavy (non-hydrogen) atoms. The van der Waals surface area contributed by atoms with Crippen molar-refractivity contribution in [3.63, 3.8) is 0 Å². The molecule has 0 spiro atoms. The van der Waals surface area contributed by atoms with Gasteiger partial charge in [0.05, 0.1) is 24.7 Å². The molecule has 142 valence electrons. The molecular formula is C19H26N2O5. The van der Waals surface area contributed by atoms with Gasteiger partial charge in [-0.05, 0) is 32.8 Å². The van der Waals surface area contributed by atoms with Crippen molar-refractivity contribution < 1.29 is 24.2 Å². The van der Waals surface area contributed by atoms with E-state index >= 15 is 0 Å². The second kappa shape index (κ2) is 7.15. The summed E-state index contributed by atoms with van der Waals surface area (Å²) in [5.74, 6) is 0. The van der Waals surface area contributed by atoms with Gasteiger partial charge in [-0.25, -0.2) is 9.59 Å². The SMILES string of the molecule is CC(C)(C)OC(=O)N1C[C@@H](O)[C@H]2[C@@H]1CCN2C(=O)OCc1ccccc1. The first kappa shape index (κ1) is 18.5. The molecule has 0 aromatic heterocycles. The molecule has 7 nitrogen and oxygen atoms in total. The summed E-state index contributed by atoms with van der Waals surface area (Å²) in [5.41, 5.74) is 0.298. The zero-order chi connectivity index (χ0) is 18.9. The number of hydrogen-bond donors (Lipinski definition) is 1. The largest absolute Gasteiger partial charge is 0.445 e. The number of carbonyl (C=O) groups excluding carboxylic acids is 2. The summed E-state index contributed by atoms with van der Waals surface area (Å²) in [7, 11) is 0. The van der Waals surface area contributed by atoms with Gasteiger partial charge in [-0.2, -0.15) is 0 Å². The Balaban J connectivity index is 1.62. The van der Waals surface area contributed by atoms with E-state index in [4.69, 9.17) is 9.47 Å². The highest BCUT2D eigenvalue weighted by Gasteiger charge is 2.52. The zero-order valence-corrected chi connectivity index (χ0v) is 15.4. The molecule has 2 aliphatic heterocycles. The Kier molecular flexibility index (Phi) is 5.09. The van der Waals surface area contributed by atoms with Gasteiger partial charge >= 0.3 is 12.2 Å². The lowest BCUT2D eigenvalue weighted by Crippen LogP contribution is -2.45. The number of benzene rings is 1. The first-order valence-electron chi connectivity index (χ1n) is 8.91. The molecule has 2 heterocycles. The number of nitrogens with zero attached hydrogens (tertiary/aromatic N) is 2. The lowest BCUT2D eigenvalue weighted by Gasteiger charge is -2.28. The number of ether oxygens (including phenoxy) is 2. The maximum Gasteiger partial charge on any atom is 0.410 e. The van der Waals surface area contributed by atoms with Gasteiger partial charge in [-0.15, -0.1) is 0 Å². The smallest absolute Gasteiger partial charge is 0.410 e. The number of aliphatic hydroxyl groups is 1. The highest BCUT2D eigenvalue weighted by Crippen LogP contribution is 2.33. The second-order valence-electron chi connectivity index (χ2n) is 7.78. The van der Waals surface area contributed by atoms with Crippen molar-refractivity contribution in [2.45, 2.75) is 57.6 Å². The summed E-state index contributed by atoms with van der Waals surface area (Å²) in [4.78, 5) is 27.9. The molecule has 1 N–H and O–H groups in total. The van der Waals surface area contributed by atoms with E-state index < -0.39 is 29.9 Å². The third kappa shape index (κ3) is 3.93. The van der Waals surface area contributed by atoms with Crippen molar-refractivity contribution >= 4 is 12.2 Å². The van der Waals surface area contributed by atoms with Crippen LogP contribution in [0.25, 0.3) is 0 Å². The lowest BCUT2D eigenvalue weighted by molar-refractivity contribution is 0.0209.